The Labute approximate surface area is 95.9 Å². The summed E-state index contributed by atoms with van der Waals surface area (Å²) < 4.78 is 4.89. The predicted molar refractivity (Wildman–Crippen MR) is 63.8 cm³/mol. The van der Waals surface area contributed by atoms with Crippen LogP contribution in [0.4, 0.5) is 0 Å². The van der Waals surface area contributed by atoms with Crippen LogP contribution in [-0.4, -0.2) is 44.9 Å². The molecule has 0 aromatic heterocycles. The zero-order valence-corrected chi connectivity index (χ0v) is 10.1. The van der Waals surface area contributed by atoms with E-state index in [1.807, 2.05) is 0 Å². The van der Waals surface area contributed by atoms with E-state index in [0.717, 1.165) is 13.0 Å². The Morgan fingerprint density at radius 1 is 1.33 bits per heavy atom. The van der Waals surface area contributed by atoms with E-state index in [9.17, 15) is 4.79 Å². The maximum atomic E-state index is 10.9. The quantitative estimate of drug-likeness (QED) is 0.413. The van der Waals surface area contributed by atoms with Gasteiger partial charge in [0.2, 0.25) is 5.91 Å². The van der Waals surface area contributed by atoms with Gasteiger partial charge in [-0.15, -0.1) is 0 Å². The normalized spacial score (nSPS) is 9.47. The second-order valence-electron chi connectivity index (χ2n) is 2.95. The van der Waals surface area contributed by atoms with Crippen LogP contribution in [-0.2, 0) is 9.53 Å². The lowest BCUT2D eigenvalue weighted by Crippen LogP contribution is -2.37. The molecule has 15 heavy (non-hydrogen) atoms. The Hall–Kier alpha value is -0.880. The molecule has 0 unspecified atom stereocenters. The number of rotatable bonds is 7. The summed E-state index contributed by atoms with van der Waals surface area (Å²) in [6.45, 7) is 2.04. The van der Waals surface area contributed by atoms with Crippen LogP contribution in [0.25, 0.3) is 0 Å². The van der Waals surface area contributed by atoms with Gasteiger partial charge in [-0.1, -0.05) is 0 Å². The van der Waals surface area contributed by atoms with Crippen molar-refractivity contribution >= 4 is 23.2 Å². The highest BCUT2D eigenvalue weighted by molar-refractivity contribution is 7.80. The van der Waals surface area contributed by atoms with Crippen molar-refractivity contribution < 1.29 is 9.53 Å². The van der Waals surface area contributed by atoms with Crippen molar-refractivity contribution in [2.24, 2.45) is 0 Å². The van der Waals surface area contributed by atoms with Gasteiger partial charge in [-0.05, 0) is 18.6 Å². The van der Waals surface area contributed by atoms with Crippen molar-refractivity contribution in [2.45, 2.75) is 12.8 Å². The second kappa shape index (κ2) is 9.67. The van der Waals surface area contributed by atoms with Gasteiger partial charge in [-0.3, -0.25) is 4.79 Å². The molecule has 0 bridgehead atoms. The third kappa shape index (κ3) is 9.42. The average Bonchev–Trinajstić information content (AvgIpc) is 2.24. The van der Waals surface area contributed by atoms with Gasteiger partial charge in [-0.2, -0.15) is 0 Å². The molecule has 0 radical (unpaired) electrons. The zero-order chi connectivity index (χ0) is 11.5. The van der Waals surface area contributed by atoms with Crippen LogP contribution < -0.4 is 16.0 Å². The molecule has 0 atom stereocenters. The number of carbonyl (C=O) groups excluding carboxylic acids is 1. The number of hydrogen-bond donors (Lipinski definition) is 3. The fourth-order valence-corrected chi connectivity index (χ4v) is 1.10. The van der Waals surface area contributed by atoms with E-state index < -0.39 is 0 Å². The highest BCUT2D eigenvalue weighted by Crippen LogP contribution is 1.79. The van der Waals surface area contributed by atoms with Gasteiger partial charge in [0.15, 0.2) is 5.11 Å². The van der Waals surface area contributed by atoms with Crippen molar-refractivity contribution in [3.05, 3.63) is 0 Å². The number of carbonyl (C=O) groups is 1. The topological polar surface area (TPSA) is 62.4 Å². The maximum absolute atomic E-state index is 10.9. The van der Waals surface area contributed by atoms with Crippen LogP contribution in [0, 0.1) is 0 Å². The molecule has 88 valence electrons. The van der Waals surface area contributed by atoms with Crippen molar-refractivity contribution in [1.82, 2.24) is 16.0 Å². The summed E-state index contributed by atoms with van der Waals surface area (Å²) >= 11 is 5.00. The highest BCUT2D eigenvalue weighted by atomic mass is 32.1. The standard InChI is InChI=1S/C9H19N3O2S/c1-10-8(13)4-6-12-9(15)11-5-3-7-14-2/h3-7H2,1-2H3,(H,10,13)(H2,11,12,15). The lowest BCUT2D eigenvalue weighted by Gasteiger charge is -2.09. The number of nitrogens with one attached hydrogen (secondary N) is 3. The molecule has 0 aromatic carbocycles. The molecule has 0 fully saturated rings. The van der Waals surface area contributed by atoms with Gasteiger partial charge in [0, 0.05) is 40.3 Å². The SMILES string of the molecule is CNC(=O)CCNC(=S)NCCCOC. The number of thiocarbonyl (C=S) groups is 1. The zero-order valence-electron chi connectivity index (χ0n) is 9.26. The first-order valence-corrected chi connectivity index (χ1v) is 5.32. The van der Waals surface area contributed by atoms with Gasteiger partial charge in [0.25, 0.3) is 0 Å². The monoisotopic (exact) mass is 233 g/mol. The number of amides is 1. The number of ether oxygens (including phenoxy) is 1. The first-order chi connectivity index (χ1) is 7.20. The molecule has 0 saturated carbocycles. The van der Waals surface area contributed by atoms with Gasteiger partial charge in [0.05, 0.1) is 0 Å². The molecule has 0 aromatic rings. The number of methoxy groups -OCH3 is 1. The minimum Gasteiger partial charge on any atom is -0.385 e. The molecule has 0 spiro atoms. The van der Waals surface area contributed by atoms with Crippen molar-refractivity contribution in [3.63, 3.8) is 0 Å². The summed E-state index contributed by atoms with van der Waals surface area (Å²) in [7, 11) is 3.28. The van der Waals surface area contributed by atoms with Crippen LogP contribution in [0.1, 0.15) is 12.8 Å². The van der Waals surface area contributed by atoms with E-state index in [0.29, 0.717) is 24.7 Å². The fraction of sp³-hybridized carbons (Fsp3) is 0.778. The van der Waals surface area contributed by atoms with Crippen LogP contribution in [0.2, 0.25) is 0 Å². The Kier molecular flexibility index (Phi) is 9.10. The summed E-state index contributed by atoms with van der Waals surface area (Å²) in [6.07, 6.45) is 1.34. The first-order valence-electron chi connectivity index (χ1n) is 4.92. The maximum Gasteiger partial charge on any atom is 0.221 e. The summed E-state index contributed by atoms with van der Waals surface area (Å²) in [4.78, 5) is 10.9. The molecule has 5 nitrogen and oxygen atoms in total. The van der Waals surface area contributed by atoms with Crippen LogP contribution in [0.15, 0.2) is 0 Å². The lowest BCUT2D eigenvalue weighted by molar-refractivity contribution is -0.120. The van der Waals surface area contributed by atoms with E-state index in [1.54, 1.807) is 14.2 Å². The highest BCUT2D eigenvalue weighted by Gasteiger charge is 1.98. The van der Waals surface area contributed by atoms with E-state index in [2.05, 4.69) is 16.0 Å². The van der Waals surface area contributed by atoms with E-state index in [1.165, 1.54) is 0 Å². The van der Waals surface area contributed by atoms with Crippen LogP contribution >= 0.6 is 12.2 Å². The van der Waals surface area contributed by atoms with Crippen molar-refractivity contribution in [3.8, 4) is 0 Å². The Morgan fingerprint density at radius 2 is 2.00 bits per heavy atom. The van der Waals surface area contributed by atoms with E-state index >= 15 is 0 Å². The Balaban J connectivity index is 3.29. The molecular weight excluding hydrogens is 214 g/mol. The van der Waals surface area contributed by atoms with Crippen molar-refractivity contribution in [2.75, 3.05) is 33.9 Å². The smallest absolute Gasteiger partial charge is 0.221 e. The fourth-order valence-electron chi connectivity index (χ4n) is 0.895. The largest absolute Gasteiger partial charge is 0.385 e. The molecule has 0 saturated heterocycles. The molecule has 0 aliphatic carbocycles. The third-order valence-corrected chi connectivity index (χ3v) is 2.02. The first kappa shape index (κ1) is 14.1. The molecule has 0 heterocycles. The third-order valence-electron chi connectivity index (χ3n) is 1.73. The van der Waals surface area contributed by atoms with Gasteiger partial charge in [-0.25, -0.2) is 0 Å². The lowest BCUT2D eigenvalue weighted by atomic mass is 10.4. The molecule has 1 amide bonds. The van der Waals surface area contributed by atoms with Crippen LogP contribution in [0.3, 0.4) is 0 Å². The molecule has 0 aliphatic rings. The summed E-state index contributed by atoms with van der Waals surface area (Å²) in [5, 5.41) is 9.08. The van der Waals surface area contributed by atoms with Crippen molar-refractivity contribution in [1.29, 1.82) is 0 Å². The van der Waals surface area contributed by atoms with Crippen LogP contribution in [0.5, 0.6) is 0 Å². The van der Waals surface area contributed by atoms with Gasteiger partial charge < -0.3 is 20.7 Å². The van der Waals surface area contributed by atoms with E-state index in [4.69, 9.17) is 17.0 Å². The Morgan fingerprint density at radius 3 is 2.60 bits per heavy atom. The molecule has 3 N–H and O–H groups in total. The molecule has 6 heteroatoms. The molecular formula is C9H19N3O2S. The second-order valence-corrected chi connectivity index (χ2v) is 3.36. The minimum absolute atomic E-state index is 0.00434. The minimum atomic E-state index is 0.00434. The predicted octanol–water partition coefficient (Wildman–Crippen LogP) is -0.377. The van der Waals surface area contributed by atoms with Gasteiger partial charge >= 0.3 is 0 Å². The summed E-state index contributed by atoms with van der Waals surface area (Å²) in [6, 6.07) is 0. The Bertz CT molecular complexity index is 200. The summed E-state index contributed by atoms with van der Waals surface area (Å²) in [5.74, 6) is 0.00434. The van der Waals surface area contributed by atoms with Gasteiger partial charge in [0.1, 0.15) is 0 Å². The average molecular weight is 233 g/mol. The number of hydrogen-bond acceptors (Lipinski definition) is 3. The summed E-state index contributed by atoms with van der Waals surface area (Å²) in [5.41, 5.74) is 0. The molecule has 0 aliphatic heterocycles. The molecule has 0 rings (SSSR count). The van der Waals surface area contributed by atoms with E-state index in [-0.39, 0.29) is 5.91 Å².